The van der Waals surface area contributed by atoms with Gasteiger partial charge in [0.25, 0.3) is 0 Å². The number of hydrogen-bond donors (Lipinski definition) is 1. The number of benzene rings is 2. The quantitative estimate of drug-likeness (QED) is 0.721. The molecule has 0 aliphatic carbocycles. The summed E-state index contributed by atoms with van der Waals surface area (Å²) in [5, 5.41) is 0. The van der Waals surface area contributed by atoms with Crippen LogP contribution in [0, 0.1) is 19.7 Å². The highest BCUT2D eigenvalue weighted by Gasteiger charge is 2.03. The molecule has 2 aromatic carbocycles. The Kier molecular flexibility index (Phi) is 2.65. The smallest absolute Gasteiger partial charge is 0.123 e. The lowest BCUT2D eigenvalue weighted by molar-refractivity contribution is 0.628. The predicted molar refractivity (Wildman–Crippen MR) is 65.7 cm³/mol. The van der Waals surface area contributed by atoms with E-state index in [1.807, 2.05) is 19.9 Å². The van der Waals surface area contributed by atoms with Crippen LogP contribution in [0.15, 0.2) is 36.4 Å². The number of nitrogen functional groups attached to an aromatic ring is 1. The first-order chi connectivity index (χ1) is 7.58. The summed E-state index contributed by atoms with van der Waals surface area (Å²) in [6.07, 6.45) is 0. The normalized spacial score (nSPS) is 10.4. The van der Waals surface area contributed by atoms with Crippen molar-refractivity contribution in [3.63, 3.8) is 0 Å². The van der Waals surface area contributed by atoms with Crippen molar-refractivity contribution in [3.05, 3.63) is 53.3 Å². The molecule has 0 unspecified atom stereocenters. The number of anilines is 1. The fourth-order valence-electron chi connectivity index (χ4n) is 1.70. The van der Waals surface area contributed by atoms with Crippen LogP contribution in [0.4, 0.5) is 10.1 Å². The molecule has 2 heteroatoms. The van der Waals surface area contributed by atoms with E-state index in [9.17, 15) is 4.39 Å². The van der Waals surface area contributed by atoms with Gasteiger partial charge < -0.3 is 5.73 Å². The summed E-state index contributed by atoms with van der Waals surface area (Å²) >= 11 is 0. The molecule has 0 fully saturated rings. The van der Waals surface area contributed by atoms with E-state index >= 15 is 0 Å². The minimum atomic E-state index is -0.222. The predicted octanol–water partition coefficient (Wildman–Crippen LogP) is 3.69. The van der Waals surface area contributed by atoms with Crippen LogP contribution in [-0.4, -0.2) is 0 Å². The van der Waals surface area contributed by atoms with E-state index < -0.39 is 0 Å². The fraction of sp³-hybridized carbons (Fsp3) is 0.143. The van der Waals surface area contributed by atoms with E-state index in [-0.39, 0.29) is 5.82 Å². The number of hydrogen-bond acceptors (Lipinski definition) is 1. The summed E-state index contributed by atoms with van der Waals surface area (Å²) < 4.78 is 12.8. The van der Waals surface area contributed by atoms with Crippen molar-refractivity contribution in [3.8, 4) is 11.1 Å². The maximum atomic E-state index is 12.8. The highest BCUT2D eigenvalue weighted by Crippen LogP contribution is 2.26. The lowest BCUT2D eigenvalue weighted by Crippen LogP contribution is -1.93. The Morgan fingerprint density at radius 1 is 0.938 bits per heavy atom. The lowest BCUT2D eigenvalue weighted by atomic mass is 9.99. The Labute approximate surface area is 94.7 Å². The van der Waals surface area contributed by atoms with Gasteiger partial charge in [-0.15, -0.1) is 0 Å². The molecule has 0 aliphatic rings. The molecular formula is C14H14FN. The summed E-state index contributed by atoms with van der Waals surface area (Å²) in [5.74, 6) is -0.222. The molecular weight excluding hydrogens is 201 g/mol. The third kappa shape index (κ3) is 1.91. The van der Waals surface area contributed by atoms with Crippen LogP contribution in [0.1, 0.15) is 11.1 Å². The zero-order valence-corrected chi connectivity index (χ0v) is 9.42. The first-order valence-corrected chi connectivity index (χ1v) is 5.20. The molecule has 0 aromatic heterocycles. The molecule has 0 saturated heterocycles. The van der Waals surface area contributed by atoms with Gasteiger partial charge in [-0.25, -0.2) is 4.39 Å². The minimum Gasteiger partial charge on any atom is -0.398 e. The molecule has 0 radical (unpaired) electrons. The van der Waals surface area contributed by atoms with E-state index in [0.717, 1.165) is 27.9 Å². The van der Waals surface area contributed by atoms with Gasteiger partial charge in [0.15, 0.2) is 0 Å². The third-order valence-corrected chi connectivity index (χ3v) is 2.89. The fourth-order valence-corrected chi connectivity index (χ4v) is 1.70. The van der Waals surface area contributed by atoms with E-state index in [1.54, 1.807) is 12.1 Å². The average Bonchev–Trinajstić information content (AvgIpc) is 2.26. The Bertz CT molecular complexity index is 492. The molecule has 0 aliphatic heterocycles. The van der Waals surface area contributed by atoms with Gasteiger partial charge in [0, 0.05) is 5.69 Å². The summed E-state index contributed by atoms with van der Waals surface area (Å²) in [5.41, 5.74) is 11.0. The van der Waals surface area contributed by atoms with Crippen molar-refractivity contribution < 1.29 is 4.39 Å². The Morgan fingerprint density at radius 3 is 2.12 bits per heavy atom. The summed E-state index contributed by atoms with van der Waals surface area (Å²) in [6, 6.07) is 10.4. The van der Waals surface area contributed by atoms with Gasteiger partial charge in [-0.3, -0.25) is 0 Å². The van der Waals surface area contributed by atoms with Crippen molar-refractivity contribution >= 4 is 5.69 Å². The second-order valence-electron chi connectivity index (χ2n) is 4.01. The molecule has 82 valence electrons. The van der Waals surface area contributed by atoms with Gasteiger partial charge >= 0.3 is 0 Å². The Hall–Kier alpha value is -1.83. The van der Waals surface area contributed by atoms with Crippen molar-refractivity contribution in [2.75, 3.05) is 5.73 Å². The second-order valence-corrected chi connectivity index (χ2v) is 4.01. The summed E-state index contributed by atoms with van der Waals surface area (Å²) in [4.78, 5) is 0. The first-order valence-electron chi connectivity index (χ1n) is 5.20. The molecule has 0 bridgehead atoms. The molecule has 2 rings (SSSR count). The maximum Gasteiger partial charge on any atom is 0.123 e. The molecule has 0 amide bonds. The van der Waals surface area contributed by atoms with E-state index in [4.69, 9.17) is 5.73 Å². The van der Waals surface area contributed by atoms with E-state index in [0.29, 0.717) is 0 Å². The minimum absolute atomic E-state index is 0.222. The van der Waals surface area contributed by atoms with Gasteiger partial charge in [-0.2, -0.15) is 0 Å². The zero-order valence-electron chi connectivity index (χ0n) is 9.42. The first kappa shape index (κ1) is 10.7. The van der Waals surface area contributed by atoms with Crippen molar-refractivity contribution in [1.29, 1.82) is 0 Å². The Balaban J connectivity index is 2.52. The molecule has 2 N–H and O–H groups in total. The SMILES string of the molecule is Cc1cc(-c2ccc(F)cc2)cc(N)c1C. The van der Waals surface area contributed by atoms with E-state index in [2.05, 4.69) is 6.07 Å². The van der Waals surface area contributed by atoms with Crippen LogP contribution in [0.3, 0.4) is 0 Å². The topological polar surface area (TPSA) is 26.0 Å². The van der Waals surface area contributed by atoms with Crippen LogP contribution in [0.2, 0.25) is 0 Å². The third-order valence-electron chi connectivity index (χ3n) is 2.89. The maximum absolute atomic E-state index is 12.8. The largest absolute Gasteiger partial charge is 0.398 e. The standard InChI is InChI=1S/C14H14FN/c1-9-7-12(8-14(16)10(9)2)11-3-5-13(15)6-4-11/h3-8H,16H2,1-2H3. The van der Waals surface area contributed by atoms with Gasteiger partial charge in [-0.1, -0.05) is 18.2 Å². The number of rotatable bonds is 1. The van der Waals surface area contributed by atoms with Crippen molar-refractivity contribution in [2.24, 2.45) is 0 Å². The molecule has 2 aromatic rings. The van der Waals surface area contributed by atoms with Crippen LogP contribution in [-0.2, 0) is 0 Å². The Morgan fingerprint density at radius 2 is 1.56 bits per heavy atom. The molecule has 16 heavy (non-hydrogen) atoms. The van der Waals surface area contributed by atoms with Gasteiger partial charge in [0.05, 0.1) is 0 Å². The van der Waals surface area contributed by atoms with Crippen LogP contribution < -0.4 is 5.73 Å². The van der Waals surface area contributed by atoms with Crippen LogP contribution in [0.5, 0.6) is 0 Å². The highest BCUT2D eigenvalue weighted by molar-refractivity contribution is 5.70. The highest BCUT2D eigenvalue weighted by atomic mass is 19.1. The van der Waals surface area contributed by atoms with E-state index in [1.165, 1.54) is 12.1 Å². The number of halogens is 1. The van der Waals surface area contributed by atoms with Crippen molar-refractivity contribution in [2.45, 2.75) is 13.8 Å². The van der Waals surface area contributed by atoms with Gasteiger partial charge in [0.1, 0.15) is 5.82 Å². The lowest BCUT2D eigenvalue weighted by Gasteiger charge is -2.09. The summed E-state index contributed by atoms with van der Waals surface area (Å²) in [7, 11) is 0. The molecule has 0 saturated carbocycles. The van der Waals surface area contributed by atoms with Crippen LogP contribution >= 0.6 is 0 Å². The molecule has 0 atom stereocenters. The van der Waals surface area contributed by atoms with Gasteiger partial charge in [0.2, 0.25) is 0 Å². The van der Waals surface area contributed by atoms with Crippen LogP contribution in [0.25, 0.3) is 11.1 Å². The average molecular weight is 215 g/mol. The number of aryl methyl sites for hydroxylation is 1. The zero-order chi connectivity index (χ0) is 11.7. The monoisotopic (exact) mass is 215 g/mol. The number of nitrogens with two attached hydrogens (primary N) is 1. The van der Waals surface area contributed by atoms with Crippen molar-refractivity contribution in [1.82, 2.24) is 0 Å². The van der Waals surface area contributed by atoms with Gasteiger partial charge in [-0.05, 0) is 54.3 Å². The molecule has 0 spiro atoms. The second kappa shape index (κ2) is 3.97. The molecule has 1 nitrogen and oxygen atoms in total. The molecule has 0 heterocycles. The summed E-state index contributed by atoms with van der Waals surface area (Å²) in [6.45, 7) is 4.03.